The summed E-state index contributed by atoms with van der Waals surface area (Å²) in [6, 6.07) is 9.63. The van der Waals surface area contributed by atoms with Gasteiger partial charge in [0.25, 0.3) is 0 Å². The van der Waals surface area contributed by atoms with Crippen LogP contribution in [0.5, 0.6) is 0 Å². The first-order chi connectivity index (χ1) is 11.3. The summed E-state index contributed by atoms with van der Waals surface area (Å²) in [5.74, 6) is 0.736. The molecule has 0 unspecified atom stereocenters. The van der Waals surface area contributed by atoms with Crippen LogP contribution in [0.1, 0.15) is 16.2 Å². The Kier molecular flexibility index (Phi) is 5.11. The van der Waals surface area contributed by atoms with Gasteiger partial charge in [-0.2, -0.15) is 0 Å². The molecule has 0 atom stereocenters. The number of thiophene rings is 1. The van der Waals surface area contributed by atoms with Gasteiger partial charge < -0.3 is 13.7 Å². The van der Waals surface area contributed by atoms with Gasteiger partial charge in [0, 0.05) is 23.1 Å². The Morgan fingerprint density at radius 3 is 2.87 bits per heavy atom. The molecule has 5 heteroatoms. The lowest BCUT2D eigenvalue weighted by Crippen LogP contribution is -2.30. The lowest BCUT2D eigenvalue weighted by Gasteiger charge is -2.19. The SMILES string of the molecule is O=C(/C=C/c1ccoc1)N(CCc1cccs1)Cc1ccco1. The molecule has 3 heterocycles. The molecule has 23 heavy (non-hydrogen) atoms. The molecule has 118 valence electrons. The predicted molar refractivity (Wildman–Crippen MR) is 89.9 cm³/mol. The van der Waals surface area contributed by atoms with Crippen molar-refractivity contribution in [1.29, 1.82) is 0 Å². The number of nitrogens with zero attached hydrogens (tertiary/aromatic N) is 1. The maximum atomic E-state index is 12.5. The van der Waals surface area contributed by atoms with Gasteiger partial charge in [0.1, 0.15) is 5.76 Å². The van der Waals surface area contributed by atoms with E-state index in [9.17, 15) is 4.79 Å². The molecular weight excluding hydrogens is 310 g/mol. The van der Waals surface area contributed by atoms with Crippen LogP contribution in [-0.4, -0.2) is 17.4 Å². The lowest BCUT2D eigenvalue weighted by atomic mass is 10.2. The summed E-state index contributed by atoms with van der Waals surface area (Å²) >= 11 is 1.70. The molecule has 0 saturated carbocycles. The van der Waals surface area contributed by atoms with Crippen LogP contribution in [0.3, 0.4) is 0 Å². The van der Waals surface area contributed by atoms with Crippen molar-refractivity contribution >= 4 is 23.3 Å². The molecule has 3 rings (SSSR count). The fourth-order valence-corrected chi connectivity index (χ4v) is 2.90. The van der Waals surface area contributed by atoms with E-state index in [2.05, 4.69) is 6.07 Å². The van der Waals surface area contributed by atoms with Crippen molar-refractivity contribution in [2.45, 2.75) is 13.0 Å². The summed E-state index contributed by atoms with van der Waals surface area (Å²) in [5.41, 5.74) is 0.870. The van der Waals surface area contributed by atoms with Crippen LogP contribution in [0.15, 0.2) is 69.4 Å². The van der Waals surface area contributed by atoms with Crippen molar-refractivity contribution in [2.75, 3.05) is 6.54 Å². The van der Waals surface area contributed by atoms with Crippen molar-refractivity contribution in [3.8, 4) is 0 Å². The van der Waals surface area contributed by atoms with Gasteiger partial charge in [-0.05, 0) is 42.1 Å². The van der Waals surface area contributed by atoms with Gasteiger partial charge >= 0.3 is 0 Å². The maximum absolute atomic E-state index is 12.5. The number of hydrogen-bond donors (Lipinski definition) is 0. The molecule has 0 N–H and O–H groups in total. The number of carbonyl (C=O) groups excluding carboxylic acids is 1. The van der Waals surface area contributed by atoms with Crippen LogP contribution < -0.4 is 0 Å². The van der Waals surface area contributed by atoms with Crippen LogP contribution in [-0.2, 0) is 17.8 Å². The Labute approximate surface area is 138 Å². The van der Waals surface area contributed by atoms with Crippen molar-refractivity contribution in [2.24, 2.45) is 0 Å². The van der Waals surface area contributed by atoms with E-state index >= 15 is 0 Å². The second-order valence-corrected chi connectivity index (χ2v) is 6.09. The molecular formula is C18H17NO3S. The first-order valence-corrected chi connectivity index (χ1v) is 8.23. The van der Waals surface area contributed by atoms with Gasteiger partial charge in [0.05, 0.1) is 25.3 Å². The van der Waals surface area contributed by atoms with Gasteiger partial charge in [0.2, 0.25) is 5.91 Å². The second kappa shape index (κ2) is 7.65. The Bertz CT molecular complexity index is 727. The van der Waals surface area contributed by atoms with Crippen LogP contribution in [0.25, 0.3) is 6.08 Å². The third kappa shape index (κ3) is 4.47. The first kappa shape index (κ1) is 15.4. The quantitative estimate of drug-likeness (QED) is 0.610. The predicted octanol–water partition coefficient (Wildman–Crippen LogP) is 4.22. The maximum Gasteiger partial charge on any atom is 0.246 e. The van der Waals surface area contributed by atoms with E-state index in [0.717, 1.165) is 17.7 Å². The van der Waals surface area contributed by atoms with Gasteiger partial charge in [-0.15, -0.1) is 11.3 Å². The second-order valence-electron chi connectivity index (χ2n) is 5.06. The highest BCUT2D eigenvalue weighted by Crippen LogP contribution is 2.13. The highest BCUT2D eigenvalue weighted by molar-refractivity contribution is 7.09. The average molecular weight is 327 g/mol. The minimum atomic E-state index is -0.0424. The monoisotopic (exact) mass is 327 g/mol. The van der Waals surface area contributed by atoms with Crippen LogP contribution in [0.4, 0.5) is 0 Å². The Hall–Kier alpha value is -2.53. The number of rotatable bonds is 7. The zero-order valence-electron chi connectivity index (χ0n) is 12.6. The summed E-state index contributed by atoms with van der Waals surface area (Å²) in [7, 11) is 0. The molecule has 4 nitrogen and oxygen atoms in total. The van der Waals surface area contributed by atoms with Crippen molar-refractivity contribution in [3.05, 3.63) is 76.8 Å². The molecule has 0 aromatic carbocycles. The van der Waals surface area contributed by atoms with Crippen molar-refractivity contribution in [1.82, 2.24) is 4.90 Å². The Morgan fingerprint density at radius 2 is 2.17 bits per heavy atom. The van der Waals surface area contributed by atoms with E-state index in [1.165, 1.54) is 4.88 Å². The van der Waals surface area contributed by atoms with E-state index in [4.69, 9.17) is 8.83 Å². The third-order valence-corrected chi connectivity index (χ3v) is 4.34. The van der Waals surface area contributed by atoms with Crippen molar-refractivity contribution < 1.29 is 13.6 Å². The summed E-state index contributed by atoms with van der Waals surface area (Å²) in [4.78, 5) is 15.5. The largest absolute Gasteiger partial charge is 0.472 e. The number of furan rings is 2. The lowest BCUT2D eigenvalue weighted by molar-refractivity contribution is -0.126. The topological polar surface area (TPSA) is 46.6 Å². The van der Waals surface area contributed by atoms with Crippen LogP contribution in [0.2, 0.25) is 0 Å². The fraction of sp³-hybridized carbons (Fsp3) is 0.167. The molecule has 1 amide bonds. The molecule has 0 aliphatic rings. The van der Waals surface area contributed by atoms with Gasteiger partial charge in [-0.1, -0.05) is 6.07 Å². The molecule has 3 aromatic heterocycles. The number of carbonyl (C=O) groups is 1. The Balaban J connectivity index is 1.66. The molecule has 0 bridgehead atoms. The zero-order chi connectivity index (χ0) is 15.9. The van der Waals surface area contributed by atoms with Gasteiger partial charge in [0.15, 0.2) is 0 Å². The molecule has 0 spiro atoms. The highest BCUT2D eigenvalue weighted by Gasteiger charge is 2.13. The first-order valence-electron chi connectivity index (χ1n) is 7.35. The van der Waals surface area contributed by atoms with E-state index in [1.54, 1.807) is 47.2 Å². The average Bonchev–Trinajstić information content (AvgIpc) is 3.32. The van der Waals surface area contributed by atoms with Gasteiger partial charge in [-0.25, -0.2) is 0 Å². The number of hydrogen-bond acceptors (Lipinski definition) is 4. The van der Waals surface area contributed by atoms with Gasteiger partial charge in [-0.3, -0.25) is 4.79 Å². The summed E-state index contributed by atoms with van der Waals surface area (Å²) in [5, 5.41) is 2.05. The van der Waals surface area contributed by atoms with E-state index in [0.29, 0.717) is 13.1 Å². The highest BCUT2D eigenvalue weighted by atomic mass is 32.1. The molecule has 3 aromatic rings. The minimum Gasteiger partial charge on any atom is -0.472 e. The zero-order valence-corrected chi connectivity index (χ0v) is 13.4. The summed E-state index contributed by atoms with van der Waals surface area (Å²) < 4.78 is 10.4. The minimum absolute atomic E-state index is 0.0424. The molecule has 0 aliphatic carbocycles. The summed E-state index contributed by atoms with van der Waals surface area (Å²) in [6.07, 6.45) is 8.98. The smallest absolute Gasteiger partial charge is 0.246 e. The number of amides is 1. The van der Waals surface area contributed by atoms with Crippen molar-refractivity contribution in [3.63, 3.8) is 0 Å². The van der Waals surface area contributed by atoms with E-state index < -0.39 is 0 Å². The van der Waals surface area contributed by atoms with E-state index in [1.807, 2.05) is 29.6 Å². The fourth-order valence-electron chi connectivity index (χ4n) is 2.20. The molecule has 0 fully saturated rings. The molecule has 0 radical (unpaired) electrons. The molecule has 0 aliphatic heterocycles. The van der Waals surface area contributed by atoms with E-state index in [-0.39, 0.29) is 5.91 Å². The standard InChI is InChI=1S/C18H17NO3S/c20-18(6-5-15-8-11-21-14-15)19(13-16-3-1-10-22-16)9-7-17-4-2-12-23-17/h1-6,8,10-12,14H,7,9,13H2/b6-5+. The third-order valence-electron chi connectivity index (χ3n) is 3.41. The normalized spacial score (nSPS) is 11.1. The molecule has 0 saturated heterocycles. The van der Waals surface area contributed by atoms with Crippen LogP contribution in [0, 0.1) is 0 Å². The summed E-state index contributed by atoms with van der Waals surface area (Å²) in [6.45, 7) is 1.11. The van der Waals surface area contributed by atoms with Crippen LogP contribution >= 0.6 is 11.3 Å². The Morgan fingerprint density at radius 1 is 1.22 bits per heavy atom.